The van der Waals surface area contributed by atoms with Gasteiger partial charge in [0.1, 0.15) is 4.21 Å². The van der Waals surface area contributed by atoms with Crippen molar-refractivity contribution < 1.29 is 13.2 Å². The molecule has 0 spiro atoms. The molecule has 0 bridgehead atoms. The SMILES string of the molecule is Cc1ccc(S(=O)(=O)N2CCCC(C(=O)N3CC(C)CC(C)C3)C2)s1. The van der Waals surface area contributed by atoms with Gasteiger partial charge in [0.25, 0.3) is 10.0 Å². The third-order valence-electron chi connectivity index (χ3n) is 5.22. The van der Waals surface area contributed by atoms with Crippen LogP contribution in [-0.2, 0) is 14.8 Å². The lowest BCUT2D eigenvalue weighted by Gasteiger charge is -2.39. The van der Waals surface area contributed by atoms with Gasteiger partial charge in [-0.1, -0.05) is 13.8 Å². The topological polar surface area (TPSA) is 57.7 Å². The fourth-order valence-electron chi connectivity index (χ4n) is 4.14. The van der Waals surface area contributed by atoms with Crippen molar-refractivity contribution in [1.29, 1.82) is 0 Å². The summed E-state index contributed by atoms with van der Waals surface area (Å²) >= 11 is 1.30. The molecule has 3 heterocycles. The summed E-state index contributed by atoms with van der Waals surface area (Å²) in [5.41, 5.74) is 0. The van der Waals surface area contributed by atoms with E-state index in [0.29, 0.717) is 29.1 Å². The minimum atomic E-state index is -3.48. The van der Waals surface area contributed by atoms with Crippen molar-refractivity contribution in [2.24, 2.45) is 17.8 Å². The smallest absolute Gasteiger partial charge is 0.252 e. The van der Waals surface area contributed by atoms with Crippen LogP contribution in [0.5, 0.6) is 0 Å². The van der Waals surface area contributed by atoms with Gasteiger partial charge in [0.05, 0.1) is 5.92 Å². The lowest BCUT2D eigenvalue weighted by atomic mass is 9.90. The highest BCUT2D eigenvalue weighted by atomic mass is 32.2. The molecule has 2 aliphatic heterocycles. The summed E-state index contributed by atoms with van der Waals surface area (Å²) < 4.78 is 27.6. The number of piperidine rings is 2. The second-order valence-electron chi connectivity index (χ2n) is 7.76. The average molecular weight is 385 g/mol. The van der Waals surface area contributed by atoms with Crippen molar-refractivity contribution >= 4 is 27.3 Å². The maximum absolute atomic E-state index is 13.0. The van der Waals surface area contributed by atoms with Gasteiger partial charge < -0.3 is 4.90 Å². The van der Waals surface area contributed by atoms with Crippen LogP contribution in [0, 0.1) is 24.7 Å². The molecule has 2 fully saturated rings. The minimum Gasteiger partial charge on any atom is -0.342 e. The molecule has 5 nitrogen and oxygen atoms in total. The normalized spacial score (nSPS) is 28.9. The molecule has 3 rings (SSSR count). The number of sulfonamides is 1. The number of hydrogen-bond donors (Lipinski definition) is 0. The molecule has 1 aromatic heterocycles. The molecule has 7 heteroatoms. The molecular weight excluding hydrogens is 356 g/mol. The van der Waals surface area contributed by atoms with Crippen molar-refractivity contribution in [2.45, 2.75) is 44.2 Å². The Morgan fingerprint density at radius 1 is 1.16 bits per heavy atom. The Bertz CT molecular complexity index is 718. The van der Waals surface area contributed by atoms with Crippen LogP contribution in [0.3, 0.4) is 0 Å². The zero-order valence-corrected chi connectivity index (χ0v) is 16.9. The van der Waals surface area contributed by atoms with E-state index >= 15 is 0 Å². The van der Waals surface area contributed by atoms with E-state index in [1.807, 2.05) is 17.9 Å². The number of thiophene rings is 1. The van der Waals surface area contributed by atoms with E-state index < -0.39 is 10.0 Å². The van der Waals surface area contributed by atoms with Crippen LogP contribution in [0.15, 0.2) is 16.3 Å². The van der Waals surface area contributed by atoms with Gasteiger partial charge in [0.15, 0.2) is 0 Å². The standard InChI is InChI=1S/C18H28N2O3S2/c1-13-9-14(2)11-19(10-13)18(21)16-5-4-8-20(12-16)25(22,23)17-7-6-15(3)24-17/h6-7,13-14,16H,4-5,8-12H2,1-3H3. The average Bonchev–Trinajstić information content (AvgIpc) is 3.00. The van der Waals surface area contributed by atoms with Gasteiger partial charge in [-0.2, -0.15) is 4.31 Å². The zero-order chi connectivity index (χ0) is 18.2. The minimum absolute atomic E-state index is 0.140. The Kier molecular flexibility index (Phi) is 5.56. The van der Waals surface area contributed by atoms with Crippen LogP contribution < -0.4 is 0 Å². The Labute approximate surface area is 155 Å². The molecule has 2 saturated heterocycles. The summed E-state index contributed by atoms with van der Waals surface area (Å²) in [4.78, 5) is 15.9. The molecule has 0 N–H and O–H groups in total. The number of amides is 1. The van der Waals surface area contributed by atoms with Crippen LogP contribution in [0.2, 0.25) is 0 Å². The maximum Gasteiger partial charge on any atom is 0.252 e. The number of aryl methyl sites for hydroxylation is 1. The quantitative estimate of drug-likeness (QED) is 0.805. The largest absolute Gasteiger partial charge is 0.342 e. The van der Waals surface area contributed by atoms with Gasteiger partial charge in [-0.15, -0.1) is 11.3 Å². The molecule has 0 saturated carbocycles. The van der Waals surface area contributed by atoms with Crippen molar-refractivity contribution in [1.82, 2.24) is 9.21 Å². The summed E-state index contributed by atoms with van der Waals surface area (Å²) in [5, 5.41) is 0. The fraction of sp³-hybridized carbons (Fsp3) is 0.722. The molecule has 25 heavy (non-hydrogen) atoms. The number of carbonyl (C=O) groups excluding carboxylic acids is 1. The Balaban J connectivity index is 1.71. The third kappa shape index (κ3) is 4.09. The molecule has 2 aliphatic rings. The highest BCUT2D eigenvalue weighted by molar-refractivity contribution is 7.91. The van der Waals surface area contributed by atoms with Crippen LogP contribution in [0.25, 0.3) is 0 Å². The molecule has 1 amide bonds. The second kappa shape index (κ2) is 7.37. The van der Waals surface area contributed by atoms with Gasteiger partial charge in [-0.25, -0.2) is 8.42 Å². The summed E-state index contributed by atoms with van der Waals surface area (Å²) in [6, 6.07) is 3.51. The lowest BCUT2D eigenvalue weighted by Crippen LogP contribution is -2.50. The molecule has 0 radical (unpaired) electrons. The number of nitrogens with zero attached hydrogens (tertiary/aromatic N) is 2. The Morgan fingerprint density at radius 2 is 1.84 bits per heavy atom. The summed E-state index contributed by atoms with van der Waals surface area (Å²) in [7, 11) is -3.48. The van der Waals surface area contributed by atoms with Gasteiger partial charge in [-0.05, 0) is 50.2 Å². The predicted molar refractivity (Wildman–Crippen MR) is 100 cm³/mol. The van der Waals surface area contributed by atoms with Gasteiger partial charge >= 0.3 is 0 Å². The molecular formula is C18H28N2O3S2. The predicted octanol–water partition coefficient (Wildman–Crippen LogP) is 2.96. The van der Waals surface area contributed by atoms with Crippen LogP contribution >= 0.6 is 11.3 Å². The fourth-order valence-corrected chi connectivity index (χ4v) is 7.10. The lowest BCUT2D eigenvalue weighted by molar-refractivity contribution is -0.139. The number of carbonyl (C=O) groups is 1. The number of rotatable bonds is 3. The first-order chi connectivity index (χ1) is 11.8. The maximum atomic E-state index is 13.0. The van der Waals surface area contributed by atoms with Crippen LogP contribution in [0.4, 0.5) is 0 Å². The highest BCUT2D eigenvalue weighted by Crippen LogP contribution is 2.30. The Morgan fingerprint density at radius 3 is 2.44 bits per heavy atom. The van der Waals surface area contributed by atoms with Crippen molar-refractivity contribution in [3.63, 3.8) is 0 Å². The van der Waals surface area contributed by atoms with E-state index in [1.165, 1.54) is 15.6 Å². The van der Waals surface area contributed by atoms with Crippen molar-refractivity contribution in [3.8, 4) is 0 Å². The van der Waals surface area contributed by atoms with E-state index in [2.05, 4.69) is 13.8 Å². The molecule has 1 aromatic rings. The number of hydrogen-bond acceptors (Lipinski definition) is 4. The van der Waals surface area contributed by atoms with E-state index in [9.17, 15) is 13.2 Å². The second-order valence-corrected chi connectivity index (χ2v) is 11.2. The highest BCUT2D eigenvalue weighted by Gasteiger charge is 2.37. The summed E-state index contributed by atoms with van der Waals surface area (Å²) in [6.45, 7) is 8.71. The molecule has 3 atom stereocenters. The van der Waals surface area contributed by atoms with Gasteiger partial charge in [-0.3, -0.25) is 4.79 Å². The summed E-state index contributed by atoms with van der Waals surface area (Å²) in [6.07, 6.45) is 2.69. The van der Waals surface area contributed by atoms with E-state index in [-0.39, 0.29) is 11.8 Å². The van der Waals surface area contributed by atoms with E-state index in [4.69, 9.17) is 0 Å². The zero-order valence-electron chi connectivity index (χ0n) is 15.3. The first kappa shape index (κ1) is 18.9. The van der Waals surface area contributed by atoms with Gasteiger partial charge in [0, 0.05) is 31.1 Å². The number of likely N-dealkylation sites (tertiary alicyclic amines) is 1. The first-order valence-electron chi connectivity index (χ1n) is 9.12. The molecule has 140 valence electrons. The molecule has 0 aliphatic carbocycles. The van der Waals surface area contributed by atoms with Crippen molar-refractivity contribution in [3.05, 3.63) is 17.0 Å². The van der Waals surface area contributed by atoms with Crippen molar-refractivity contribution in [2.75, 3.05) is 26.2 Å². The molecule has 0 aromatic carbocycles. The van der Waals surface area contributed by atoms with Crippen LogP contribution in [-0.4, -0.2) is 49.7 Å². The van der Waals surface area contributed by atoms with E-state index in [0.717, 1.165) is 37.2 Å². The molecule has 3 unspecified atom stereocenters. The third-order valence-corrected chi connectivity index (χ3v) is 8.56. The summed E-state index contributed by atoms with van der Waals surface area (Å²) in [5.74, 6) is 0.971. The Hall–Kier alpha value is -0.920. The monoisotopic (exact) mass is 384 g/mol. The first-order valence-corrected chi connectivity index (χ1v) is 11.4. The van der Waals surface area contributed by atoms with E-state index in [1.54, 1.807) is 6.07 Å². The van der Waals surface area contributed by atoms with Gasteiger partial charge in [0.2, 0.25) is 5.91 Å². The van der Waals surface area contributed by atoms with Crippen LogP contribution in [0.1, 0.15) is 38.0 Å².